The Labute approximate surface area is 191 Å². The normalized spacial score (nSPS) is 15.2. The van der Waals surface area contributed by atoms with Gasteiger partial charge in [0, 0.05) is 6.20 Å². The molecule has 0 aliphatic carbocycles. The second kappa shape index (κ2) is 8.20. The summed E-state index contributed by atoms with van der Waals surface area (Å²) in [6.07, 6.45) is 2.51. The minimum Gasteiger partial charge on any atom is -0.494 e. The van der Waals surface area contributed by atoms with Crippen LogP contribution in [0, 0.1) is 13.8 Å². The lowest BCUT2D eigenvalue weighted by Crippen LogP contribution is -2.30. The maximum absolute atomic E-state index is 13.8. The quantitative estimate of drug-likeness (QED) is 0.419. The van der Waals surface area contributed by atoms with Crippen molar-refractivity contribution in [2.75, 3.05) is 11.5 Å². The minimum atomic E-state index is -0.671. The van der Waals surface area contributed by atoms with E-state index in [9.17, 15) is 9.59 Å². The lowest BCUT2D eigenvalue weighted by atomic mass is 9.97. The summed E-state index contributed by atoms with van der Waals surface area (Å²) in [7, 11) is 0. The van der Waals surface area contributed by atoms with Crippen LogP contribution < -0.4 is 15.1 Å². The fourth-order valence-electron chi connectivity index (χ4n) is 4.27. The molecular formula is C27H24N2O4. The number of hydrogen-bond acceptors (Lipinski definition) is 5. The number of nitrogens with zero attached hydrogens (tertiary/aromatic N) is 2. The van der Waals surface area contributed by atoms with Gasteiger partial charge in [0.1, 0.15) is 17.2 Å². The zero-order chi connectivity index (χ0) is 23.1. The van der Waals surface area contributed by atoms with Crippen LogP contribution in [0.5, 0.6) is 5.75 Å². The summed E-state index contributed by atoms with van der Waals surface area (Å²) >= 11 is 0. The van der Waals surface area contributed by atoms with Gasteiger partial charge in [-0.25, -0.2) is 4.98 Å². The van der Waals surface area contributed by atoms with E-state index in [0.717, 1.165) is 23.1 Å². The lowest BCUT2D eigenvalue weighted by molar-refractivity contribution is 0.0970. The van der Waals surface area contributed by atoms with Crippen molar-refractivity contribution < 1.29 is 13.9 Å². The van der Waals surface area contributed by atoms with E-state index < -0.39 is 6.04 Å². The van der Waals surface area contributed by atoms with Gasteiger partial charge in [-0.2, -0.15) is 0 Å². The van der Waals surface area contributed by atoms with Gasteiger partial charge in [-0.3, -0.25) is 14.5 Å². The molecule has 33 heavy (non-hydrogen) atoms. The highest BCUT2D eigenvalue weighted by atomic mass is 16.5. The van der Waals surface area contributed by atoms with Crippen LogP contribution in [0.3, 0.4) is 0 Å². The zero-order valence-electron chi connectivity index (χ0n) is 18.8. The Morgan fingerprint density at radius 1 is 1.03 bits per heavy atom. The number of aromatic nitrogens is 1. The molecule has 3 heterocycles. The maximum atomic E-state index is 13.8. The van der Waals surface area contributed by atoms with Crippen molar-refractivity contribution in [2.24, 2.45) is 0 Å². The van der Waals surface area contributed by atoms with Gasteiger partial charge in [-0.05, 0) is 73.4 Å². The Kier molecular flexibility index (Phi) is 5.21. The van der Waals surface area contributed by atoms with E-state index in [1.54, 1.807) is 18.3 Å². The lowest BCUT2D eigenvalue weighted by Gasteiger charge is -2.24. The SMILES string of the molecule is CCCOc1cccc(C2c3c(oc4cc(C)c(C)cc4c3=O)C(=O)N2c2ccccn2)c1. The highest BCUT2D eigenvalue weighted by molar-refractivity contribution is 6.10. The second-order valence-corrected chi connectivity index (χ2v) is 8.29. The molecule has 6 heteroatoms. The van der Waals surface area contributed by atoms with E-state index in [1.807, 2.05) is 63.2 Å². The van der Waals surface area contributed by atoms with E-state index in [1.165, 1.54) is 4.90 Å². The standard InChI is InChI=1S/C27H24N2O4/c1-4-12-32-19-9-7-8-18(15-19)24-23-25(30)20-13-16(2)17(3)14-21(20)33-26(23)27(31)29(24)22-10-5-6-11-28-22/h5-11,13-15,24H,4,12H2,1-3H3. The third-order valence-corrected chi connectivity index (χ3v) is 6.03. The van der Waals surface area contributed by atoms with Gasteiger partial charge in [0.05, 0.1) is 23.6 Å². The van der Waals surface area contributed by atoms with E-state index in [4.69, 9.17) is 9.15 Å². The molecule has 166 valence electrons. The molecular weight excluding hydrogens is 416 g/mol. The summed E-state index contributed by atoms with van der Waals surface area (Å²) in [4.78, 5) is 33.3. The molecule has 0 bridgehead atoms. The predicted octanol–water partition coefficient (Wildman–Crippen LogP) is 5.34. The van der Waals surface area contributed by atoms with Gasteiger partial charge in [-0.15, -0.1) is 0 Å². The summed E-state index contributed by atoms with van der Waals surface area (Å²) in [5.74, 6) is 0.819. The van der Waals surface area contributed by atoms with Crippen LogP contribution in [0.1, 0.15) is 52.2 Å². The summed E-state index contributed by atoms with van der Waals surface area (Å²) in [5.41, 5.74) is 3.29. The molecule has 1 atom stereocenters. The first-order chi connectivity index (χ1) is 16.0. The Hall–Kier alpha value is -3.93. The second-order valence-electron chi connectivity index (χ2n) is 8.29. The first-order valence-electron chi connectivity index (χ1n) is 11.0. The number of benzene rings is 2. The molecule has 4 aromatic rings. The van der Waals surface area contributed by atoms with Crippen molar-refractivity contribution in [2.45, 2.75) is 33.2 Å². The van der Waals surface area contributed by atoms with E-state index >= 15 is 0 Å². The molecule has 2 aromatic carbocycles. The van der Waals surface area contributed by atoms with Crippen LogP contribution >= 0.6 is 0 Å². The van der Waals surface area contributed by atoms with Crippen LogP contribution in [0.15, 0.2) is 70.0 Å². The number of anilines is 1. The van der Waals surface area contributed by atoms with E-state index in [0.29, 0.717) is 34.7 Å². The van der Waals surface area contributed by atoms with Crippen LogP contribution in [0.4, 0.5) is 5.82 Å². The minimum absolute atomic E-state index is 0.0614. The van der Waals surface area contributed by atoms with E-state index in [2.05, 4.69) is 4.98 Å². The summed E-state index contributed by atoms with van der Waals surface area (Å²) < 4.78 is 11.9. The number of pyridine rings is 1. The topological polar surface area (TPSA) is 72.6 Å². The third-order valence-electron chi connectivity index (χ3n) is 6.03. The molecule has 1 unspecified atom stereocenters. The Balaban J connectivity index is 1.77. The largest absolute Gasteiger partial charge is 0.494 e. The Morgan fingerprint density at radius 3 is 2.61 bits per heavy atom. The molecule has 1 aliphatic rings. The summed E-state index contributed by atoms with van der Waals surface area (Å²) in [6, 6.07) is 15.9. The highest BCUT2D eigenvalue weighted by Crippen LogP contribution is 2.41. The van der Waals surface area contributed by atoms with Crippen molar-refractivity contribution in [3.8, 4) is 5.75 Å². The zero-order valence-corrected chi connectivity index (χ0v) is 18.8. The average molecular weight is 440 g/mol. The molecule has 0 radical (unpaired) electrons. The fraction of sp³-hybridized carbons (Fsp3) is 0.222. The summed E-state index contributed by atoms with van der Waals surface area (Å²) in [6.45, 7) is 6.53. The third kappa shape index (κ3) is 3.48. The number of hydrogen-bond donors (Lipinski definition) is 0. The fourth-order valence-corrected chi connectivity index (χ4v) is 4.27. The number of amides is 1. The molecule has 2 aromatic heterocycles. The van der Waals surface area contributed by atoms with Gasteiger partial charge in [0.15, 0.2) is 5.43 Å². The van der Waals surface area contributed by atoms with Gasteiger partial charge < -0.3 is 9.15 Å². The van der Waals surface area contributed by atoms with Crippen molar-refractivity contribution >= 4 is 22.7 Å². The Bertz CT molecular complexity index is 1430. The van der Waals surface area contributed by atoms with Gasteiger partial charge >= 0.3 is 0 Å². The molecule has 0 fully saturated rings. The molecule has 0 saturated carbocycles. The van der Waals surface area contributed by atoms with Crippen molar-refractivity contribution in [1.29, 1.82) is 0 Å². The van der Waals surface area contributed by atoms with Crippen molar-refractivity contribution in [3.05, 3.63) is 99.0 Å². The number of ether oxygens (including phenoxy) is 1. The predicted molar refractivity (Wildman–Crippen MR) is 127 cm³/mol. The first kappa shape index (κ1) is 20.9. The number of fused-ring (bicyclic) bond motifs is 2. The molecule has 6 nitrogen and oxygen atoms in total. The van der Waals surface area contributed by atoms with E-state index in [-0.39, 0.29) is 17.1 Å². The number of rotatable bonds is 5. The molecule has 1 aliphatic heterocycles. The van der Waals surface area contributed by atoms with Crippen LogP contribution in [0.2, 0.25) is 0 Å². The van der Waals surface area contributed by atoms with Gasteiger partial charge in [0.25, 0.3) is 5.91 Å². The number of aryl methyl sites for hydroxylation is 2. The average Bonchev–Trinajstić information content (AvgIpc) is 3.12. The van der Waals surface area contributed by atoms with Crippen LogP contribution in [-0.4, -0.2) is 17.5 Å². The molecule has 0 N–H and O–H groups in total. The number of carbonyl (C=O) groups excluding carboxylic acids is 1. The molecule has 0 spiro atoms. The van der Waals surface area contributed by atoms with Gasteiger partial charge in [0.2, 0.25) is 5.76 Å². The van der Waals surface area contributed by atoms with Gasteiger partial charge in [-0.1, -0.05) is 25.1 Å². The first-order valence-corrected chi connectivity index (χ1v) is 11.0. The monoisotopic (exact) mass is 440 g/mol. The molecule has 1 amide bonds. The van der Waals surface area contributed by atoms with Crippen LogP contribution in [-0.2, 0) is 0 Å². The smallest absolute Gasteiger partial charge is 0.296 e. The van der Waals surface area contributed by atoms with Crippen molar-refractivity contribution in [3.63, 3.8) is 0 Å². The highest BCUT2D eigenvalue weighted by Gasteiger charge is 2.44. The van der Waals surface area contributed by atoms with Crippen LogP contribution in [0.25, 0.3) is 11.0 Å². The maximum Gasteiger partial charge on any atom is 0.296 e. The summed E-state index contributed by atoms with van der Waals surface area (Å²) in [5, 5.41) is 0.468. The number of carbonyl (C=O) groups is 1. The molecule has 0 saturated heterocycles. The Morgan fingerprint density at radius 2 is 1.85 bits per heavy atom. The molecule has 5 rings (SSSR count). The van der Waals surface area contributed by atoms with Crippen molar-refractivity contribution in [1.82, 2.24) is 4.98 Å².